The number of thioether (sulfide) groups is 1. The molecule has 2 N–H and O–H groups in total. The SMILES string of the molecule is CC(O)CN(C)C(=O)NC1CCSc2ccccc21. The lowest BCUT2D eigenvalue weighted by Crippen LogP contribution is -2.42. The summed E-state index contributed by atoms with van der Waals surface area (Å²) in [6, 6.07) is 8.13. The average molecular weight is 280 g/mol. The van der Waals surface area contributed by atoms with Crippen LogP contribution in [-0.2, 0) is 0 Å². The van der Waals surface area contributed by atoms with Gasteiger partial charge in [0.15, 0.2) is 0 Å². The zero-order chi connectivity index (χ0) is 13.8. The number of amides is 2. The van der Waals surface area contributed by atoms with Crippen molar-refractivity contribution in [1.29, 1.82) is 0 Å². The van der Waals surface area contributed by atoms with Crippen LogP contribution in [0.4, 0.5) is 4.79 Å². The summed E-state index contributed by atoms with van der Waals surface area (Å²) in [5.41, 5.74) is 1.19. The molecule has 4 nitrogen and oxygen atoms in total. The predicted molar refractivity (Wildman–Crippen MR) is 77.4 cm³/mol. The van der Waals surface area contributed by atoms with Crippen molar-refractivity contribution in [3.8, 4) is 0 Å². The summed E-state index contributed by atoms with van der Waals surface area (Å²) in [5, 5.41) is 12.4. The summed E-state index contributed by atoms with van der Waals surface area (Å²) >= 11 is 1.83. The number of likely N-dealkylation sites (N-methyl/N-ethyl adjacent to an activating group) is 1. The third-order valence-corrected chi connectivity index (χ3v) is 4.26. The highest BCUT2D eigenvalue weighted by Gasteiger charge is 2.23. The molecule has 2 unspecified atom stereocenters. The van der Waals surface area contributed by atoms with E-state index < -0.39 is 6.10 Å². The Hall–Kier alpha value is -1.20. The largest absolute Gasteiger partial charge is 0.392 e. The number of carbonyl (C=O) groups is 1. The lowest BCUT2D eigenvalue weighted by atomic mass is 10.0. The molecule has 0 radical (unpaired) electrons. The molecule has 0 bridgehead atoms. The van der Waals surface area contributed by atoms with E-state index in [4.69, 9.17) is 0 Å². The van der Waals surface area contributed by atoms with Gasteiger partial charge in [0.25, 0.3) is 0 Å². The zero-order valence-corrected chi connectivity index (χ0v) is 12.1. The molecule has 1 aromatic rings. The van der Waals surface area contributed by atoms with Crippen LogP contribution >= 0.6 is 11.8 Å². The van der Waals surface area contributed by atoms with E-state index in [0.29, 0.717) is 6.54 Å². The molecule has 2 amide bonds. The number of fused-ring (bicyclic) bond motifs is 1. The molecule has 1 aliphatic heterocycles. The number of aliphatic hydroxyl groups excluding tert-OH is 1. The Morgan fingerprint density at radius 1 is 1.58 bits per heavy atom. The van der Waals surface area contributed by atoms with Crippen LogP contribution in [0.15, 0.2) is 29.2 Å². The first kappa shape index (κ1) is 14.2. The number of hydrogen-bond acceptors (Lipinski definition) is 3. The van der Waals surface area contributed by atoms with Crippen molar-refractivity contribution in [3.63, 3.8) is 0 Å². The Labute approximate surface area is 118 Å². The first-order valence-corrected chi connectivity index (χ1v) is 7.48. The zero-order valence-electron chi connectivity index (χ0n) is 11.3. The number of nitrogens with zero attached hydrogens (tertiary/aromatic N) is 1. The van der Waals surface area contributed by atoms with Gasteiger partial charge < -0.3 is 15.3 Å². The van der Waals surface area contributed by atoms with Gasteiger partial charge in [-0.25, -0.2) is 4.79 Å². The van der Waals surface area contributed by atoms with Gasteiger partial charge in [-0.05, 0) is 25.0 Å². The molecule has 5 heteroatoms. The number of hydrogen-bond donors (Lipinski definition) is 2. The fourth-order valence-corrected chi connectivity index (χ4v) is 3.36. The van der Waals surface area contributed by atoms with Gasteiger partial charge in [0.1, 0.15) is 0 Å². The number of nitrogens with one attached hydrogen (secondary N) is 1. The van der Waals surface area contributed by atoms with Gasteiger partial charge in [0.2, 0.25) is 0 Å². The van der Waals surface area contributed by atoms with Crippen LogP contribution in [-0.4, -0.2) is 41.5 Å². The van der Waals surface area contributed by atoms with Crippen molar-refractivity contribution in [2.24, 2.45) is 0 Å². The van der Waals surface area contributed by atoms with Crippen LogP contribution in [0, 0.1) is 0 Å². The smallest absolute Gasteiger partial charge is 0.317 e. The van der Waals surface area contributed by atoms with Crippen molar-refractivity contribution in [1.82, 2.24) is 10.2 Å². The standard InChI is InChI=1S/C14H20N2O2S/c1-10(17)9-16(2)14(18)15-12-7-8-19-13-6-4-3-5-11(12)13/h3-6,10,12,17H,7-9H2,1-2H3,(H,15,18). The molecule has 0 spiro atoms. The second kappa shape index (κ2) is 6.30. The number of benzene rings is 1. The van der Waals surface area contributed by atoms with E-state index in [2.05, 4.69) is 17.4 Å². The van der Waals surface area contributed by atoms with Crippen LogP contribution in [0.1, 0.15) is 24.9 Å². The summed E-state index contributed by atoms with van der Waals surface area (Å²) in [7, 11) is 1.70. The molecule has 1 aliphatic rings. The van der Waals surface area contributed by atoms with Crippen molar-refractivity contribution >= 4 is 17.8 Å². The number of aliphatic hydroxyl groups is 1. The minimum Gasteiger partial charge on any atom is -0.392 e. The molecule has 104 valence electrons. The highest BCUT2D eigenvalue weighted by molar-refractivity contribution is 7.99. The summed E-state index contributed by atoms with van der Waals surface area (Å²) in [6.45, 7) is 2.02. The molecular formula is C14H20N2O2S. The summed E-state index contributed by atoms with van der Waals surface area (Å²) in [4.78, 5) is 14.8. The normalized spacial score (nSPS) is 19.4. The second-order valence-electron chi connectivity index (χ2n) is 4.91. The highest BCUT2D eigenvalue weighted by atomic mass is 32.2. The second-order valence-corrected chi connectivity index (χ2v) is 6.04. The molecule has 0 aromatic heterocycles. The minimum absolute atomic E-state index is 0.0707. The number of urea groups is 1. The van der Waals surface area contributed by atoms with Crippen LogP contribution in [0.2, 0.25) is 0 Å². The van der Waals surface area contributed by atoms with Gasteiger partial charge in [-0.1, -0.05) is 18.2 Å². The monoisotopic (exact) mass is 280 g/mol. The Kier molecular flexibility index (Phi) is 4.71. The van der Waals surface area contributed by atoms with Crippen molar-refractivity contribution in [2.75, 3.05) is 19.3 Å². The third-order valence-electron chi connectivity index (χ3n) is 3.14. The van der Waals surface area contributed by atoms with Gasteiger partial charge >= 0.3 is 6.03 Å². The molecule has 19 heavy (non-hydrogen) atoms. The minimum atomic E-state index is -0.509. The Morgan fingerprint density at radius 2 is 2.32 bits per heavy atom. The third kappa shape index (κ3) is 3.64. The van der Waals surface area contributed by atoms with E-state index in [9.17, 15) is 9.90 Å². The molecule has 0 saturated heterocycles. The average Bonchev–Trinajstić information content (AvgIpc) is 2.38. The van der Waals surface area contributed by atoms with Gasteiger partial charge in [-0.15, -0.1) is 11.8 Å². The summed E-state index contributed by atoms with van der Waals surface area (Å²) < 4.78 is 0. The maximum Gasteiger partial charge on any atom is 0.317 e. The maximum atomic E-state index is 12.1. The fraction of sp³-hybridized carbons (Fsp3) is 0.500. The Balaban J connectivity index is 2.02. The number of rotatable bonds is 3. The van der Waals surface area contributed by atoms with E-state index in [1.54, 1.807) is 14.0 Å². The van der Waals surface area contributed by atoms with E-state index in [-0.39, 0.29) is 12.1 Å². The summed E-state index contributed by atoms with van der Waals surface area (Å²) in [6.07, 6.45) is 0.431. The molecule has 0 aliphatic carbocycles. The first-order valence-electron chi connectivity index (χ1n) is 6.49. The van der Waals surface area contributed by atoms with Crippen molar-refractivity contribution < 1.29 is 9.90 Å². The van der Waals surface area contributed by atoms with Crippen LogP contribution in [0.3, 0.4) is 0 Å². The predicted octanol–water partition coefficient (Wildman–Crippen LogP) is 2.25. The van der Waals surface area contributed by atoms with Crippen molar-refractivity contribution in [3.05, 3.63) is 29.8 Å². The van der Waals surface area contributed by atoms with E-state index >= 15 is 0 Å². The van der Waals surface area contributed by atoms with Crippen LogP contribution in [0.5, 0.6) is 0 Å². The molecule has 2 rings (SSSR count). The fourth-order valence-electron chi connectivity index (χ4n) is 2.23. The van der Waals surface area contributed by atoms with Gasteiger partial charge in [-0.3, -0.25) is 0 Å². The van der Waals surface area contributed by atoms with Gasteiger partial charge in [0.05, 0.1) is 12.1 Å². The van der Waals surface area contributed by atoms with E-state index in [0.717, 1.165) is 12.2 Å². The summed E-state index contributed by atoms with van der Waals surface area (Å²) in [5.74, 6) is 1.02. The van der Waals surface area contributed by atoms with Crippen LogP contribution in [0.25, 0.3) is 0 Å². The molecule has 1 heterocycles. The van der Waals surface area contributed by atoms with Gasteiger partial charge in [0, 0.05) is 24.2 Å². The van der Waals surface area contributed by atoms with E-state index in [1.807, 2.05) is 23.9 Å². The Morgan fingerprint density at radius 3 is 3.05 bits per heavy atom. The van der Waals surface area contributed by atoms with Crippen LogP contribution < -0.4 is 5.32 Å². The van der Waals surface area contributed by atoms with Crippen molar-refractivity contribution in [2.45, 2.75) is 30.4 Å². The highest BCUT2D eigenvalue weighted by Crippen LogP contribution is 2.35. The topological polar surface area (TPSA) is 52.6 Å². The lowest BCUT2D eigenvalue weighted by Gasteiger charge is -2.28. The first-order chi connectivity index (χ1) is 9.08. The van der Waals surface area contributed by atoms with Gasteiger partial charge in [-0.2, -0.15) is 0 Å². The van der Waals surface area contributed by atoms with E-state index in [1.165, 1.54) is 15.4 Å². The molecule has 0 saturated carbocycles. The lowest BCUT2D eigenvalue weighted by molar-refractivity contribution is 0.142. The molecular weight excluding hydrogens is 260 g/mol. The number of carbonyl (C=O) groups excluding carboxylic acids is 1. The molecule has 0 fully saturated rings. The Bertz CT molecular complexity index is 451. The quantitative estimate of drug-likeness (QED) is 0.893. The molecule has 2 atom stereocenters. The maximum absolute atomic E-state index is 12.1. The molecule has 1 aromatic carbocycles.